The van der Waals surface area contributed by atoms with Crippen LogP contribution in [0.3, 0.4) is 0 Å². The van der Waals surface area contributed by atoms with E-state index in [1.54, 1.807) is 19.9 Å². The van der Waals surface area contributed by atoms with E-state index in [1.807, 2.05) is 0 Å². The highest BCUT2D eigenvalue weighted by atomic mass is 19.1. The van der Waals surface area contributed by atoms with Gasteiger partial charge in [-0.1, -0.05) is 6.92 Å². The van der Waals surface area contributed by atoms with Crippen molar-refractivity contribution in [2.45, 2.75) is 20.3 Å². The number of carbonyl (C=O) groups excluding carboxylic acids is 1. The van der Waals surface area contributed by atoms with E-state index in [-0.39, 0.29) is 17.5 Å². The monoisotopic (exact) mass is 239 g/mol. The summed E-state index contributed by atoms with van der Waals surface area (Å²) in [7, 11) is 0. The fourth-order valence-corrected chi connectivity index (χ4v) is 1.59. The Morgan fingerprint density at radius 2 is 2.24 bits per heavy atom. The zero-order valence-corrected chi connectivity index (χ0v) is 10.2. The van der Waals surface area contributed by atoms with Crippen LogP contribution in [0.15, 0.2) is 18.2 Å². The van der Waals surface area contributed by atoms with E-state index < -0.39 is 5.82 Å². The van der Waals surface area contributed by atoms with Gasteiger partial charge in [-0.25, -0.2) is 4.39 Å². The maximum Gasteiger partial charge on any atom is 0.165 e. The number of benzene rings is 1. The van der Waals surface area contributed by atoms with E-state index in [0.717, 1.165) is 0 Å². The molecule has 1 unspecified atom stereocenters. The third-order valence-electron chi connectivity index (χ3n) is 2.56. The van der Waals surface area contributed by atoms with Gasteiger partial charge in [0.2, 0.25) is 0 Å². The number of rotatable bonds is 6. The molecule has 0 aromatic heterocycles. The normalized spacial score (nSPS) is 12.2. The molecule has 0 saturated carbocycles. The number of nitrogens with two attached hydrogens (primary N) is 1. The van der Waals surface area contributed by atoms with Crippen molar-refractivity contribution < 1.29 is 13.9 Å². The van der Waals surface area contributed by atoms with E-state index in [9.17, 15) is 9.18 Å². The molecule has 3 nitrogen and oxygen atoms in total. The zero-order chi connectivity index (χ0) is 12.8. The average molecular weight is 239 g/mol. The van der Waals surface area contributed by atoms with Crippen LogP contribution < -0.4 is 10.5 Å². The minimum Gasteiger partial charge on any atom is -0.491 e. The van der Waals surface area contributed by atoms with Crippen LogP contribution in [0.1, 0.15) is 30.6 Å². The topological polar surface area (TPSA) is 52.3 Å². The first kappa shape index (κ1) is 13.6. The maximum atomic E-state index is 13.5. The maximum absolute atomic E-state index is 13.5. The number of halogens is 1. The molecule has 0 aliphatic rings. The molecule has 0 bridgehead atoms. The molecule has 1 atom stereocenters. The van der Waals surface area contributed by atoms with Crippen LogP contribution in [0.5, 0.6) is 5.75 Å². The molecule has 0 aliphatic carbocycles. The number of Topliss-reactive ketones (excluding diaryl/α,β-unsaturated/α-hetero) is 1. The Balaban J connectivity index is 2.85. The molecule has 4 heteroatoms. The zero-order valence-electron chi connectivity index (χ0n) is 10.2. The second-order valence-electron chi connectivity index (χ2n) is 3.92. The molecule has 0 amide bonds. The van der Waals surface area contributed by atoms with Gasteiger partial charge in [0.05, 0.1) is 6.61 Å². The quantitative estimate of drug-likeness (QED) is 0.775. The Morgan fingerprint density at radius 1 is 1.53 bits per heavy atom. The van der Waals surface area contributed by atoms with Crippen molar-refractivity contribution in [1.82, 2.24) is 0 Å². The summed E-state index contributed by atoms with van der Waals surface area (Å²) in [5, 5.41) is 0. The lowest BCUT2D eigenvalue weighted by Crippen LogP contribution is -2.15. The fraction of sp³-hybridized carbons (Fsp3) is 0.462. The Morgan fingerprint density at radius 3 is 2.76 bits per heavy atom. The van der Waals surface area contributed by atoms with Crippen molar-refractivity contribution in [3.63, 3.8) is 0 Å². The lowest BCUT2D eigenvalue weighted by molar-refractivity contribution is 0.0925. The van der Waals surface area contributed by atoms with Crippen molar-refractivity contribution in [2.75, 3.05) is 13.2 Å². The second kappa shape index (κ2) is 6.35. The Kier molecular flexibility index (Phi) is 5.10. The smallest absolute Gasteiger partial charge is 0.165 e. The van der Waals surface area contributed by atoms with Gasteiger partial charge >= 0.3 is 0 Å². The Bertz CT molecular complexity index is 393. The number of hydrogen-bond donors (Lipinski definition) is 1. The highest BCUT2D eigenvalue weighted by Crippen LogP contribution is 2.20. The third kappa shape index (κ3) is 3.53. The molecule has 17 heavy (non-hydrogen) atoms. The lowest BCUT2D eigenvalue weighted by atomic mass is 9.96. The average Bonchev–Trinajstić information content (AvgIpc) is 2.31. The van der Waals surface area contributed by atoms with E-state index in [2.05, 4.69) is 0 Å². The van der Waals surface area contributed by atoms with E-state index >= 15 is 0 Å². The molecule has 0 aliphatic heterocycles. The van der Waals surface area contributed by atoms with Crippen LogP contribution in [0, 0.1) is 11.7 Å². The van der Waals surface area contributed by atoms with Gasteiger partial charge in [-0.15, -0.1) is 0 Å². The van der Waals surface area contributed by atoms with Gasteiger partial charge in [-0.05, 0) is 38.1 Å². The summed E-state index contributed by atoms with van der Waals surface area (Å²) in [5.74, 6) is -0.595. The summed E-state index contributed by atoms with van der Waals surface area (Å²) in [6, 6.07) is 4.30. The van der Waals surface area contributed by atoms with Crippen molar-refractivity contribution in [3.8, 4) is 5.75 Å². The van der Waals surface area contributed by atoms with Crippen LogP contribution in [0.2, 0.25) is 0 Å². The number of hydrogen-bond acceptors (Lipinski definition) is 3. The van der Waals surface area contributed by atoms with E-state index in [0.29, 0.717) is 25.1 Å². The summed E-state index contributed by atoms with van der Waals surface area (Å²) >= 11 is 0. The summed E-state index contributed by atoms with van der Waals surface area (Å²) < 4.78 is 18.6. The van der Waals surface area contributed by atoms with Crippen LogP contribution in [0.4, 0.5) is 4.39 Å². The largest absolute Gasteiger partial charge is 0.491 e. The van der Waals surface area contributed by atoms with Gasteiger partial charge in [0.1, 0.15) is 0 Å². The highest BCUT2D eigenvalue weighted by Gasteiger charge is 2.16. The minimum absolute atomic E-state index is 0.0857. The van der Waals surface area contributed by atoms with Crippen molar-refractivity contribution in [1.29, 1.82) is 0 Å². The van der Waals surface area contributed by atoms with Crippen molar-refractivity contribution in [2.24, 2.45) is 11.7 Å². The first-order valence-corrected chi connectivity index (χ1v) is 5.76. The number of ketones is 1. The molecule has 1 rings (SSSR count). The van der Waals surface area contributed by atoms with Gasteiger partial charge in [-0.3, -0.25) is 4.79 Å². The molecule has 2 N–H and O–H groups in total. The molecule has 0 fully saturated rings. The summed E-state index contributed by atoms with van der Waals surface area (Å²) in [6.07, 6.45) is 0.605. The van der Waals surface area contributed by atoms with Gasteiger partial charge in [0, 0.05) is 11.5 Å². The predicted octanol–water partition coefficient (Wildman–Crippen LogP) is 2.39. The first-order valence-electron chi connectivity index (χ1n) is 5.76. The van der Waals surface area contributed by atoms with Gasteiger partial charge in [-0.2, -0.15) is 0 Å². The van der Waals surface area contributed by atoms with Crippen LogP contribution >= 0.6 is 0 Å². The third-order valence-corrected chi connectivity index (χ3v) is 2.56. The summed E-state index contributed by atoms with van der Waals surface area (Å²) in [4.78, 5) is 11.9. The minimum atomic E-state index is -0.502. The number of carbonyl (C=O) groups is 1. The second-order valence-corrected chi connectivity index (χ2v) is 3.92. The predicted molar refractivity (Wildman–Crippen MR) is 64.7 cm³/mol. The molecule has 94 valence electrons. The highest BCUT2D eigenvalue weighted by molar-refractivity contribution is 5.97. The van der Waals surface area contributed by atoms with Crippen LogP contribution in [-0.2, 0) is 0 Å². The SMILES string of the molecule is CCOc1ccc(C(=O)C(C)CCN)cc1F. The standard InChI is InChI=1S/C13H18FNO2/c1-3-17-12-5-4-10(8-11(12)14)13(16)9(2)6-7-15/h4-5,8-9H,3,6-7,15H2,1-2H3. The molecule has 0 heterocycles. The first-order chi connectivity index (χ1) is 8.10. The Hall–Kier alpha value is -1.42. The van der Waals surface area contributed by atoms with E-state index in [1.165, 1.54) is 12.1 Å². The number of ether oxygens (including phenoxy) is 1. The molecule has 1 aromatic rings. The lowest BCUT2D eigenvalue weighted by Gasteiger charge is -2.10. The van der Waals surface area contributed by atoms with Crippen molar-refractivity contribution in [3.05, 3.63) is 29.6 Å². The summed E-state index contributed by atoms with van der Waals surface area (Å²) in [5.41, 5.74) is 5.76. The van der Waals surface area contributed by atoms with E-state index in [4.69, 9.17) is 10.5 Å². The fourth-order valence-electron chi connectivity index (χ4n) is 1.59. The van der Waals surface area contributed by atoms with Crippen molar-refractivity contribution >= 4 is 5.78 Å². The molecule has 0 radical (unpaired) electrons. The molecule has 0 spiro atoms. The van der Waals surface area contributed by atoms with Gasteiger partial charge < -0.3 is 10.5 Å². The molecule has 0 saturated heterocycles. The molecular formula is C13H18FNO2. The molecular weight excluding hydrogens is 221 g/mol. The van der Waals surface area contributed by atoms with Gasteiger partial charge in [0.25, 0.3) is 0 Å². The van der Waals surface area contributed by atoms with Crippen LogP contribution in [-0.4, -0.2) is 18.9 Å². The summed E-state index contributed by atoms with van der Waals surface area (Å²) in [6.45, 7) is 4.42. The Labute approximate surface area is 101 Å². The molecule has 1 aromatic carbocycles. The van der Waals surface area contributed by atoms with Gasteiger partial charge in [0.15, 0.2) is 17.3 Å². The van der Waals surface area contributed by atoms with Crippen LogP contribution in [0.25, 0.3) is 0 Å².